The molecule has 1 fully saturated rings. The standard InChI is InChI=1S/C5H9FN2O2/c1-8(4(9)10)5(6)2-7-3-5/h7H,2-3H2,1H3,(H,9,10). The maximum absolute atomic E-state index is 13.0. The molecule has 2 N–H and O–H groups in total. The van der Waals surface area contributed by atoms with Gasteiger partial charge in [0.25, 0.3) is 0 Å². The second-order valence-electron chi connectivity index (χ2n) is 2.36. The summed E-state index contributed by atoms with van der Waals surface area (Å²) in [5, 5.41) is 11.0. The molecule has 1 heterocycles. The highest BCUT2D eigenvalue weighted by Gasteiger charge is 2.43. The van der Waals surface area contributed by atoms with Crippen molar-refractivity contribution < 1.29 is 14.3 Å². The lowest BCUT2D eigenvalue weighted by molar-refractivity contribution is -0.0448. The zero-order chi connectivity index (χ0) is 7.78. The molecule has 10 heavy (non-hydrogen) atoms. The number of nitrogens with zero attached hydrogens (tertiary/aromatic N) is 1. The lowest BCUT2D eigenvalue weighted by Gasteiger charge is -2.40. The highest BCUT2D eigenvalue weighted by Crippen LogP contribution is 2.19. The van der Waals surface area contributed by atoms with Crippen LogP contribution in [0, 0.1) is 0 Å². The smallest absolute Gasteiger partial charge is 0.409 e. The highest BCUT2D eigenvalue weighted by molar-refractivity contribution is 5.65. The highest BCUT2D eigenvalue weighted by atomic mass is 19.1. The number of rotatable bonds is 1. The second-order valence-corrected chi connectivity index (χ2v) is 2.36. The largest absolute Gasteiger partial charge is 0.465 e. The first-order valence-electron chi connectivity index (χ1n) is 2.93. The lowest BCUT2D eigenvalue weighted by Crippen LogP contribution is -2.66. The van der Waals surface area contributed by atoms with E-state index in [1.54, 1.807) is 0 Å². The van der Waals surface area contributed by atoms with E-state index in [1.165, 1.54) is 7.05 Å². The molecule has 0 spiro atoms. The van der Waals surface area contributed by atoms with Gasteiger partial charge >= 0.3 is 6.09 Å². The van der Waals surface area contributed by atoms with Crippen molar-refractivity contribution in [1.29, 1.82) is 0 Å². The average molecular weight is 148 g/mol. The number of likely N-dealkylation sites (N-methyl/N-ethyl adjacent to an activating group) is 1. The lowest BCUT2D eigenvalue weighted by atomic mass is 10.1. The van der Waals surface area contributed by atoms with Crippen LogP contribution in [0.4, 0.5) is 9.18 Å². The van der Waals surface area contributed by atoms with Crippen molar-refractivity contribution in [2.75, 3.05) is 20.1 Å². The number of nitrogens with one attached hydrogen (secondary N) is 1. The molecular weight excluding hydrogens is 139 g/mol. The van der Waals surface area contributed by atoms with E-state index >= 15 is 0 Å². The molecule has 58 valence electrons. The van der Waals surface area contributed by atoms with E-state index in [1.807, 2.05) is 0 Å². The van der Waals surface area contributed by atoms with Crippen LogP contribution in [0.1, 0.15) is 0 Å². The molecule has 0 aromatic heterocycles. The number of carboxylic acid groups (broad SMARTS) is 1. The Labute approximate surface area is 57.6 Å². The predicted molar refractivity (Wildman–Crippen MR) is 32.5 cm³/mol. The summed E-state index contributed by atoms with van der Waals surface area (Å²) >= 11 is 0. The number of halogens is 1. The van der Waals surface area contributed by atoms with Crippen molar-refractivity contribution in [2.45, 2.75) is 5.79 Å². The van der Waals surface area contributed by atoms with E-state index in [0.717, 1.165) is 0 Å². The number of hydrogen-bond donors (Lipinski definition) is 2. The molecule has 0 saturated carbocycles. The minimum absolute atomic E-state index is 0.0931. The first kappa shape index (κ1) is 7.27. The summed E-state index contributed by atoms with van der Waals surface area (Å²) in [7, 11) is 1.23. The van der Waals surface area contributed by atoms with Crippen LogP contribution in [0.2, 0.25) is 0 Å². The molecule has 0 aromatic carbocycles. The Morgan fingerprint density at radius 3 is 2.40 bits per heavy atom. The Bertz CT molecular complexity index is 158. The van der Waals surface area contributed by atoms with Crippen molar-refractivity contribution >= 4 is 6.09 Å². The summed E-state index contributed by atoms with van der Waals surface area (Å²) in [6, 6.07) is 0. The Kier molecular flexibility index (Phi) is 1.52. The molecular formula is C5H9FN2O2. The summed E-state index contributed by atoms with van der Waals surface area (Å²) < 4.78 is 13.0. The van der Waals surface area contributed by atoms with Gasteiger partial charge in [-0.3, -0.25) is 4.90 Å². The van der Waals surface area contributed by atoms with Crippen LogP contribution < -0.4 is 5.32 Å². The molecule has 0 atom stereocenters. The van der Waals surface area contributed by atoms with Crippen molar-refractivity contribution in [3.63, 3.8) is 0 Å². The molecule has 4 nitrogen and oxygen atoms in total. The number of hydrogen-bond acceptors (Lipinski definition) is 2. The van der Waals surface area contributed by atoms with Gasteiger partial charge in [-0.1, -0.05) is 0 Å². The van der Waals surface area contributed by atoms with Gasteiger partial charge in [-0.2, -0.15) is 0 Å². The SMILES string of the molecule is CN(C(=O)O)C1(F)CNC1. The predicted octanol–water partition coefficient (Wildman–Crippen LogP) is -0.135. The molecule has 0 unspecified atom stereocenters. The van der Waals surface area contributed by atoms with E-state index in [2.05, 4.69) is 5.32 Å². The fourth-order valence-corrected chi connectivity index (χ4v) is 0.740. The third-order valence-electron chi connectivity index (χ3n) is 1.68. The maximum Gasteiger partial charge on any atom is 0.409 e. The van der Waals surface area contributed by atoms with Gasteiger partial charge in [0.1, 0.15) is 0 Å². The van der Waals surface area contributed by atoms with Crippen LogP contribution in [0.15, 0.2) is 0 Å². The Morgan fingerprint density at radius 1 is 1.80 bits per heavy atom. The zero-order valence-corrected chi connectivity index (χ0v) is 5.59. The molecule has 1 amide bonds. The fourth-order valence-electron chi connectivity index (χ4n) is 0.740. The summed E-state index contributed by atoms with van der Waals surface area (Å²) in [6.07, 6.45) is -1.23. The number of alkyl halides is 1. The molecule has 1 rings (SSSR count). The summed E-state index contributed by atoms with van der Waals surface area (Å²) in [5.74, 6) is -1.67. The average Bonchev–Trinajstić information content (AvgIpc) is 1.81. The summed E-state index contributed by atoms with van der Waals surface area (Å²) in [4.78, 5) is 10.9. The van der Waals surface area contributed by atoms with E-state index in [9.17, 15) is 9.18 Å². The quantitative estimate of drug-likeness (QED) is 0.509. The molecule has 5 heteroatoms. The minimum atomic E-state index is -1.67. The first-order chi connectivity index (χ1) is 4.56. The van der Waals surface area contributed by atoms with Gasteiger partial charge in [-0.05, 0) is 0 Å². The minimum Gasteiger partial charge on any atom is -0.465 e. The Balaban J connectivity index is 2.54. The molecule has 1 aliphatic rings. The van der Waals surface area contributed by atoms with Crippen LogP contribution in [-0.2, 0) is 0 Å². The van der Waals surface area contributed by atoms with E-state index in [-0.39, 0.29) is 13.1 Å². The molecule has 0 bridgehead atoms. The Morgan fingerprint density at radius 2 is 2.30 bits per heavy atom. The zero-order valence-electron chi connectivity index (χ0n) is 5.59. The van der Waals surface area contributed by atoms with Gasteiger partial charge in [0.05, 0.1) is 13.1 Å². The van der Waals surface area contributed by atoms with E-state index in [4.69, 9.17) is 5.11 Å². The van der Waals surface area contributed by atoms with Crippen molar-refractivity contribution in [2.24, 2.45) is 0 Å². The maximum atomic E-state index is 13.0. The van der Waals surface area contributed by atoms with Crippen molar-refractivity contribution in [3.05, 3.63) is 0 Å². The molecule has 0 aliphatic carbocycles. The number of amides is 1. The first-order valence-corrected chi connectivity index (χ1v) is 2.93. The molecule has 0 radical (unpaired) electrons. The van der Waals surface area contributed by atoms with Crippen molar-refractivity contribution in [3.8, 4) is 0 Å². The van der Waals surface area contributed by atoms with Gasteiger partial charge in [0.15, 0.2) is 0 Å². The van der Waals surface area contributed by atoms with Crippen LogP contribution in [-0.4, -0.2) is 42.0 Å². The van der Waals surface area contributed by atoms with Crippen molar-refractivity contribution in [1.82, 2.24) is 10.2 Å². The summed E-state index contributed by atoms with van der Waals surface area (Å²) in [6.45, 7) is 0.186. The van der Waals surface area contributed by atoms with Crippen LogP contribution in [0.5, 0.6) is 0 Å². The van der Waals surface area contributed by atoms with Gasteiger partial charge < -0.3 is 10.4 Å². The second kappa shape index (κ2) is 2.09. The van der Waals surface area contributed by atoms with Crippen LogP contribution in [0.25, 0.3) is 0 Å². The van der Waals surface area contributed by atoms with E-state index in [0.29, 0.717) is 4.90 Å². The van der Waals surface area contributed by atoms with E-state index < -0.39 is 11.9 Å². The molecule has 1 saturated heterocycles. The summed E-state index contributed by atoms with van der Waals surface area (Å²) in [5.41, 5.74) is 0. The van der Waals surface area contributed by atoms with Gasteiger partial charge in [-0.15, -0.1) is 0 Å². The Hall–Kier alpha value is -0.840. The van der Waals surface area contributed by atoms with Crippen LogP contribution >= 0.6 is 0 Å². The normalized spacial score (nSPS) is 21.4. The molecule has 0 aromatic rings. The topological polar surface area (TPSA) is 52.6 Å². The monoisotopic (exact) mass is 148 g/mol. The fraction of sp³-hybridized carbons (Fsp3) is 0.800. The van der Waals surface area contributed by atoms with Gasteiger partial charge in [-0.25, -0.2) is 9.18 Å². The third-order valence-corrected chi connectivity index (χ3v) is 1.68. The van der Waals surface area contributed by atoms with Gasteiger partial charge in [0, 0.05) is 7.05 Å². The third kappa shape index (κ3) is 0.923. The van der Waals surface area contributed by atoms with Gasteiger partial charge in [0.2, 0.25) is 5.79 Å². The van der Waals surface area contributed by atoms with Crippen LogP contribution in [0.3, 0.4) is 0 Å². The molecule has 1 aliphatic heterocycles. The number of carbonyl (C=O) groups is 1.